The summed E-state index contributed by atoms with van der Waals surface area (Å²) in [4.78, 5) is 10.3. The van der Waals surface area contributed by atoms with Crippen LogP contribution in [0.4, 0.5) is 5.69 Å². The summed E-state index contributed by atoms with van der Waals surface area (Å²) in [6, 6.07) is 4.80. The molecule has 0 radical (unpaired) electrons. The maximum absolute atomic E-state index is 11.6. The van der Waals surface area contributed by atoms with Gasteiger partial charge < -0.3 is 4.57 Å². The molecule has 15 heavy (non-hydrogen) atoms. The molecule has 6 heteroatoms. The Labute approximate surface area is 96.3 Å². The molecular formula is C9H11BrNO3P. The van der Waals surface area contributed by atoms with Gasteiger partial charge in [0.05, 0.1) is 12.1 Å². The van der Waals surface area contributed by atoms with E-state index in [9.17, 15) is 14.7 Å². The van der Waals surface area contributed by atoms with Crippen LogP contribution in [0, 0.1) is 10.1 Å². The molecule has 4 nitrogen and oxygen atoms in total. The molecule has 0 saturated heterocycles. The van der Waals surface area contributed by atoms with Crippen molar-refractivity contribution in [3.05, 3.63) is 38.3 Å². The van der Waals surface area contributed by atoms with Crippen molar-refractivity contribution in [2.45, 2.75) is 6.16 Å². The molecule has 0 aliphatic heterocycles. The number of nitrogens with zero attached hydrogens (tertiary/aromatic N) is 1. The predicted molar refractivity (Wildman–Crippen MR) is 64.0 cm³/mol. The molecule has 0 aliphatic carbocycles. The van der Waals surface area contributed by atoms with E-state index >= 15 is 0 Å². The largest absolute Gasteiger partial charge is 0.324 e. The number of halogens is 1. The fraction of sp³-hybridized carbons (Fsp3) is 0.333. The molecule has 0 spiro atoms. The summed E-state index contributed by atoms with van der Waals surface area (Å²) in [6.07, 6.45) is 0.261. The minimum absolute atomic E-state index is 0.0216. The molecular weight excluding hydrogens is 281 g/mol. The number of nitro benzene ring substituents is 1. The summed E-state index contributed by atoms with van der Waals surface area (Å²) >= 11 is 3.17. The molecule has 0 aliphatic rings. The quantitative estimate of drug-likeness (QED) is 0.487. The third-order valence-corrected chi connectivity index (χ3v) is 3.39. The number of benzene rings is 1. The van der Waals surface area contributed by atoms with Gasteiger partial charge in [-0.05, 0) is 19.4 Å². The fourth-order valence-electron chi connectivity index (χ4n) is 1.25. The van der Waals surface area contributed by atoms with Gasteiger partial charge in [0.1, 0.15) is 0 Å². The summed E-state index contributed by atoms with van der Waals surface area (Å²) in [7, 11) is -2.29. The van der Waals surface area contributed by atoms with Crippen LogP contribution < -0.4 is 0 Å². The normalized spacial score (nSPS) is 11.4. The van der Waals surface area contributed by atoms with Crippen molar-refractivity contribution in [3.8, 4) is 0 Å². The highest BCUT2D eigenvalue weighted by atomic mass is 79.9. The fourth-order valence-corrected chi connectivity index (χ4v) is 2.69. The molecule has 0 fully saturated rings. The van der Waals surface area contributed by atoms with Gasteiger partial charge in [-0.15, -0.1) is 0 Å². The molecule has 0 saturated carbocycles. The lowest BCUT2D eigenvalue weighted by molar-refractivity contribution is -0.385. The van der Waals surface area contributed by atoms with Gasteiger partial charge in [-0.3, -0.25) is 10.1 Å². The standard InChI is InChI=1S/C9H11BrNO3P/c1-15(2,14)6-7-3-4-8(10)5-9(7)11(12)13/h3-5H,6H2,1-2H3. The maximum Gasteiger partial charge on any atom is 0.274 e. The first-order chi connectivity index (χ1) is 6.79. The highest BCUT2D eigenvalue weighted by Gasteiger charge is 2.18. The minimum atomic E-state index is -2.29. The zero-order valence-electron chi connectivity index (χ0n) is 8.44. The van der Waals surface area contributed by atoms with Crippen molar-refractivity contribution in [1.82, 2.24) is 0 Å². The predicted octanol–water partition coefficient (Wildman–Crippen LogP) is 3.48. The molecule has 0 amide bonds. The Bertz CT molecular complexity index is 441. The lowest BCUT2D eigenvalue weighted by Gasteiger charge is -2.07. The van der Waals surface area contributed by atoms with Crippen LogP contribution in [0.5, 0.6) is 0 Å². The topological polar surface area (TPSA) is 60.2 Å². The number of nitro groups is 1. The van der Waals surface area contributed by atoms with Crippen molar-refractivity contribution in [2.75, 3.05) is 13.3 Å². The Morgan fingerprint density at radius 2 is 2.07 bits per heavy atom. The lowest BCUT2D eigenvalue weighted by Crippen LogP contribution is -1.95. The van der Waals surface area contributed by atoms with Crippen LogP contribution in [0.15, 0.2) is 22.7 Å². The van der Waals surface area contributed by atoms with Gasteiger partial charge in [-0.25, -0.2) is 0 Å². The Kier molecular flexibility index (Phi) is 3.68. The second-order valence-corrected chi connectivity index (χ2v) is 8.14. The van der Waals surface area contributed by atoms with E-state index in [0.717, 1.165) is 0 Å². The van der Waals surface area contributed by atoms with Crippen LogP contribution in [-0.4, -0.2) is 18.3 Å². The molecule has 1 rings (SSSR count). The monoisotopic (exact) mass is 291 g/mol. The van der Waals surface area contributed by atoms with E-state index in [4.69, 9.17) is 0 Å². The number of hydrogen-bond donors (Lipinski definition) is 0. The summed E-state index contributed by atoms with van der Waals surface area (Å²) in [5.74, 6) is 0. The van der Waals surface area contributed by atoms with E-state index in [1.807, 2.05) is 0 Å². The van der Waals surface area contributed by atoms with Crippen LogP contribution in [0.1, 0.15) is 5.56 Å². The third-order valence-electron chi connectivity index (χ3n) is 1.80. The van der Waals surface area contributed by atoms with Crippen LogP contribution in [-0.2, 0) is 10.7 Å². The summed E-state index contributed by atoms with van der Waals surface area (Å²) in [5, 5.41) is 10.8. The van der Waals surface area contributed by atoms with Crippen LogP contribution >= 0.6 is 23.1 Å². The molecule has 1 aromatic rings. The average Bonchev–Trinajstić information content (AvgIpc) is 2.05. The zero-order chi connectivity index (χ0) is 11.6. The van der Waals surface area contributed by atoms with Crippen molar-refractivity contribution < 1.29 is 9.49 Å². The summed E-state index contributed by atoms with van der Waals surface area (Å²) in [5.41, 5.74) is 0.546. The molecule has 0 atom stereocenters. The first-order valence-corrected chi connectivity index (χ1v) is 7.84. The highest BCUT2D eigenvalue weighted by Crippen LogP contribution is 2.42. The number of hydrogen-bond acceptors (Lipinski definition) is 3. The van der Waals surface area contributed by atoms with Crippen LogP contribution in [0.3, 0.4) is 0 Å². The Morgan fingerprint density at radius 3 is 2.53 bits per heavy atom. The van der Waals surface area contributed by atoms with Gasteiger partial charge in [0, 0.05) is 22.3 Å². The summed E-state index contributed by atoms with van der Waals surface area (Å²) < 4.78 is 12.3. The SMILES string of the molecule is CP(C)(=O)Cc1ccc(Br)cc1[N+](=O)[O-]. The Morgan fingerprint density at radius 1 is 1.47 bits per heavy atom. The Balaban J connectivity index is 3.18. The molecule has 82 valence electrons. The van der Waals surface area contributed by atoms with E-state index in [1.54, 1.807) is 25.5 Å². The second-order valence-electron chi connectivity index (χ2n) is 3.76. The van der Waals surface area contributed by atoms with Gasteiger partial charge in [-0.2, -0.15) is 0 Å². The molecule has 0 N–H and O–H groups in total. The molecule has 0 bridgehead atoms. The van der Waals surface area contributed by atoms with Crippen LogP contribution in [0.25, 0.3) is 0 Å². The molecule has 1 aromatic carbocycles. The number of rotatable bonds is 3. The smallest absolute Gasteiger partial charge is 0.274 e. The first-order valence-electron chi connectivity index (χ1n) is 4.26. The first kappa shape index (κ1) is 12.4. The van der Waals surface area contributed by atoms with Crippen molar-refractivity contribution >= 4 is 28.8 Å². The molecule has 0 heterocycles. The maximum atomic E-state index is 11.6. The van der Waals surface area contributed by atoms with Gasteiger partial charge in [0.25, 0.3) is 5.69 Å². The summed E-state index contributed by atoms with van der Waals surface area (Å²) in [6.45, 7) is 3.25. The minimum Gasteiger partial charge on any atom is -0.324 e. The Hall–Kier alpha value is -0.670. The van der Waals surface area contributed by atoms with E-state index in [-0.39, 0.29) is 11.8 Å². The molecule has 0 unspecified atom stereocenters. The van der Waals surface area contributed by atoms with Gasteiger partial charge in [0.2, 0.25) is 0 Å². The second kappa shape index (κ2) is 4.45. The van der Waals surface area contributed by atoms with Crippen molar-refractivity contribution in [1.29, 1.82) is 0 Å². The lowest BCUT2D eigenvalue weighted by atomic mass is 10.2. The van der Waals surface area contributed by atoms with E-state index < -0.39 is 12.1 Å². The highest BCUT2D eigenvalue weighted by molar-refractivity contribution is 9.10. The van der Waals surface area contributed by atoms with Gasteiger partial charge >= 0.3 is 0 Å². The van der Waals surface area contributed by atoms with Gasteiger partial charge in [-0.1, -0.05) is 22.0 Å². The van der Waals surface area contributed by atoms with E-state index in [1.165, 1.54) is 6.07 Å². The molecule has 0 aromatic heterocycles. The van der Waals surface area contributed by atoms with Crippen molar-refractivity contribution in [2.24, 2.45) is 0 Å². The van der Waals surface area contributed by atoms with Gasteiger partial charge in [0.15, 0.2) is 0 Å². The van der Waals surface area contributed by atoms with Crippen molar-refractivity contribution in [3.63, 3.8) is 0 Å². The van der Waals surface area contributed by atoms with Crippen LogP contribution in [0.2, 0.25) is 0 Å². The zero-order valence-corrected chi connectivity index (χ0v) is 10.9. The average molecular weight is 292 g/mol. The third kappa shape index (κ3) is 3.76. The van der Waals surface area contributed by atoms with E-state index in [2.05, 4.69) is 15.9 Å². The van der Waals surface area contributed by atoms with E-state index in [0.29, 0.717) is 10.0 Å².